The maximum atomic E-state index is 3.91. The molecule has 0 bridgehead atoms. The molecule has 0 spiro atoms. The summed E-state index contributed by atoms with van der Waals surface area (Å²) in [5.41, 5.74) is 0. The monoisotopic (exact) mass is 419 g/mol. The van der Waals surface area contributed by atoms with Crippen LogP contribution in [-0.2, 0) is 0 Å². The van der Waals surface area contributed by atoms with Crippen LogP contribution in [0.25, 0.3) is 0 Å². The lowest BCUT2D eigenvalue weighted by atomic mass is 10.0. The lowest BCUT2D eigenvalue weighted by Crippen LogP contribution is -1.82. The Hall–Kier alpha value is -0.260. The second-order valence-electron chi connectivity index (χ2n) is 9.68. The van der Waals surface area contributed by atoms with Crippen LogP contribution in [0.15, 0.2) is 12.2 Å². The van der Waals surface area contributed by atoms with Gasteiger partial charge in [0.05, 0.1) is 0 Å². The van der Waals surface area contributed by atoms with Crippen molar-refractivity contribution >= 4 is 0 Å². The third-order valence-electron chi connectivity index (χ3n) is 6.51. The van der Waals surface area contributed by atoms with Crippen LogP contribution in [0.2, 0.25) is 0 Å². The van der Waals surface area contributed by atoms with Gasteiger partial charge in [0.2, 0.25) is 0 Å². The molecule has 0 N–H and O–H groups in total. The van der Waals surface area contributed by atoms with Gasteiger partial charge in [-0.05, 0) is 25.7 Å². The first-order chi connectivity index (χ1) is 14.9. The highest BCUT2D eigenvalue weighted by Crippen LogP contribution is 2.14. The minimum absolute atomic E-state index is 1.12. The molecular weight excluding hydrogens is 360 g/mol. The molecule has 0 amide bonds. The van der Waals surface area contributed by atoms with Gasteiger partial charge in [0.25, 0.3) is 0 Å². The molecule has 0 heteroatoms. The second-order valence-corrected chi connectivity index (χ2v) is 9.68. The van der Waals surface area contributed by atoms with E-state index in [1.165, 1.54) is 161 Å². The fourth-order valence-corrected chi connectivity index (χ4v) is 4.37. The Morgan fingerprint density at radius 3 is 0.933 bits per heavy atom. The zero-order valence-corrected chi connectivity index (χ0v) is 21.2. The number of allylic oxidation sites excluding steroid dienone is 2. The molecule has 0 fully saturated rings. The first-order valence-corrected chi connectivity index (χ1v) is 14.4. The molecule has 30 heavy (non-hydrogen) atoms. The van der Waals surface area contributed by atoms with Crippen LogP contribution in [0.3, 0.4) is 0 Å². The van der Waals surface area contributed by atoms with Crippen LogP contribution in [0.4, 0.5) is 0 Å². The average Bonchev–Trinajstić information content (AvgIpc) is 2.76. The SMILES string of the molecule is [CH2]CCCCCCCCCCCCC/C=C/CCCCCCCCCCCCCC. The van der Waals surface area contributed by atoms with Gasteiger partial charge >= 0.3 is 0 Å². The summed E-state index contributed by atoms with van der Waals surface area (Å²) in [6.07, 6.45) is 41.8. The van der Waals surface area contributed by atoms with E-state index in [4.69, 9.17) is 0 Å². The topological polar surface area (TPSA) is 0 Å². The molecule has 0 unspecified atom stereocenters. The van der Waals surface area contributed by atoms with Crippen LogP contribution >= 0.6 is 0 Å². The molecule has 0 aliphatic carbocycles. The van der Waals surface area contributed by atoms with Crippen LogP contribution in [0, 0.1) is 6.92 Å². The highest BCUT2D eigenvalue weighted by Gasteiger charge is 1.94. The maximum absolute atomic E-state index is 3.91. The molecule has 0 nitrogen and oxygen atoms in total. The third-order valence-corrected chi connectivity index (χ3v) is 6.51. The Bertz CT molecular complexity index is 273. The summed E-state index contributed by atoms with van der Waals surface area (Å²) in [5.74, 6) is 0. The fourth-order valence-electron chi connectivity index (χ4n) is 4.37. The van der Waals surface area contributed by atoms with E-state index in [1.807, 2.05) is 0 Å². The van der Waals surface area contributed by atoms with Gasteiger partial charge in [0.1, 0.15) is 0 Å². The predicted octanol–water partition coefficient (Wildman–Crippen LogP) is 11.5. The largest absolute Gasteiger partial charge is 0.0885 e. The Morgan fingerprint density at radius 2 is 0.633 bits per heavy atom. The van der Waals surface area contributed by atoms with Gasteiger partial charge in [-0.2, -0.15) is 0 Å². The van der Waals surface area contributed by atoms with Crippen molar-refractivity contribution < 1.29 is 0 Å². The first-order valence-electron chi connectivity index (χ1n) is 14.4. The van der Waals surface area contributed by atoms with Gasteiger partial charge < -0.3 is 0 Å². The van der Waals surface area contributed by atoms with E-state index in [0.29, 0.717) is 0 Å². The smallest absolute Gasteiger partial charge is 0.0351 e. The first kappa shape index (κ1) is 29.7. The number of hydrogen-bond donors (Lipinski definition) is 0. The number of unbranched alkanes of at least 4 members (excludes halogenated alkanes) is 24. The van der Waals surface area contributed by atoms with Crippen LogP contribution < -0.4 is 0 Å². The Balaban J connectivity index is 3.06. The Morgan fingerprint density at radius 1 is 0.367 bits per heavy atom. The molecule has 0 aliphatic rings. The molecule has 1 radical (unpaired) electrons. The van der Waals surface area contributed by atoms with E-state index < -0.39 is 0 Å². The Labute approximate surface area is 193 Å². The molecule has 0 rings (SSSR count). The zero-order chi connectivity index (χ0) is 21.8. The van der Waals surface area contributed by atoms with E-state index in [9.17, 15) is 0 Å². The molecule has 0 saturated carbocycles. The van der Waals surface area contributed by atoms with Crippen molar-refractivity contribution in [3.8, 4) is 0 Å². The summed E-state index contributed by atoms with van der Waals surface area (Å²) in [6.45, 7) is 6.21. The summed E-state index contributed by atoms with van der Waals surface area (Å²) in [7, 11) is 0. The van der Waals surface area contributed by atoms with Gasteiger partial charge in [-0.15, -0.1) is 0 Å². The van der Waals surface area contributed by atoms with Crippen molar-refractivity contribution in [2.24, 2.45) is 0 Å². The van der Waals surface area contributed by atoms with Gasteiger partial charge in [-0.25, -0.2) is 0 Å². The van der Waals surface area contributed by atoms with E-state index >= 15 is 0 Å². The van der Waals surface area contributed by atoms with E-state index in [2.05, 4.69) is 26.0 Å². The summed E-state index contributed by atoms with van der Waals surface area (Å²) in [4.78, 5) is 0. The molecule has 0 aromatic heterocycles. The normalized spacial score (nSPS) is 11.7. The molecule has 0 saturated heterocycles. The molecule has 0 aromatic rings. The number of hydrogen-bond acceptors (Lipinski definition) is 0. The second kappa shape index (κ2) is 28.7. The molecule has 0 atom stereocenters. The Kier molecular flexibility index (Phi) is 28.5. The van der Waals surface area contributed by atoms with Crippen LogP contribution in [0.1, 0.15) is 174 Å². The van der Waals surface area contributed by atoms with Gasteiger partial charge in [0.15, 0.2) is 0 Å². The summed E-state index contributed by atoms with van der Waals surface area (Å²) in [6, 6.07) is 0. The van der Waals surface area contributed by atoms with E-state index in [1.54, 1.807) is 0 Å². The highest BCUT2D eigenvalue weighted by atomic mass is 14.0. The van der Waals surface area contributed by atoms with Crippen molar-refractivity contribution in [2.75, 3.05) is 0 Å². The predicted molar refractivity (Wildman–Crippen MR) is 140 cm³/mol. The molecule has 179 valence electrons. The van der Waals surface area contributed by atoms with E-state index in [-0.39, 0.29) is 0 Å². The average molecular weight is 420 g/mol. The van der Waals surface area contributed by atoms with Crippen molar-refractivity contribution in [3.05, 3.63) is 19.1 Å². The van der Waals surface area contributed by atoms with Crippen molar-refractivity contribution in [1.29, 1.82) is 0 Å². The highest BCUT2D eigenvalue weighted by molar-refractivity contribution is 4.81. The van der Waals surface area contributed by atoms with Crippen LogP contribution in [-0.4, -0.2) is 0 Å². The fraction of sp³-hybridized carbons (Fsp3) is 0.900. The van der Waals surface area contributed by atoms with Crippen molar-refractivity contribution in [2.45, 2.75) is 174 Å². The van der Waals surface area contributed by atoms with Gasteiger partial charge in [0, 0.05) is 0 Å². The quantitative estimate of drug-likeness (QED) is 0.0965. The van der Waals surface area contributed by atoms with Gasteiger partial charge in [-0.1, -0.05) is 167 Å². The molecule has 0 heterocycles. The zero-order valence-electron chi connectivity index (χ0n) is 21.2. The lowest BCUT2D eigenvalue weighted by Gasteiger charge is -2.02. The summed E-state index contributed by atoms with van der Waals surface area (Å²) in [5, 5.41) is 0. The molecular formula is C30H59. The van der Waals surface area contributed by atoms with Crippen LogP contribution in [0.5, 0.6) is 0 Å². The summed E-state index contributed by atoms with van der Waals surface area (Å²) >= 11 is 0. The van der Waals surface area contributed by atoms with E-state index in [0.717, 1.165) is 6.42 Å². The minimum Gasteiger partial charge on any atom is -0.0885 e. The van der Waals surface area contributed by atoms with Gasteiger partial charge in [-0.3, -0.25) is 0 Å². The third kappa shape index (κ3) is 27.7. The molecule has 0 aliphatic heterocycles. The van der Waals surface area contributed by atoms with Crippen molar-refractivity contribution in [1.82, 2.24) is 0 Å². The molecule has 0 aromatic carbocycles. The van der Waals surface area contributed by atoms with Crippen molar-refractivity contribution in [3.63, 3.8) is 0 Å². The standard InChI is InChI=1S/C30H59/c1-3-5-7-9-11-13-15-17-19-21-23-25-27-29-30-28-26-24-22-20-18-16-14-12-10-8-6-4-2/h29-30H,1,3-28H2,2H3/b30-29+. The number of rotatable bonds is 26. The minimum atomic E-state index is 1.12. The maximum Gasteiger partial charge on any atom is -0.0351 e. The lowest BCUT2D eigenvalue weighted by molar-refractivity contribution is 0.544. The summed E-state index contributed by atoms with van der Waals surface area (Å²) < 4.78 is 0.